The Kier molecular flexibility index (Phi) is 5.22. The van der Waals surface area contributed by atoms with Crippen LogP contribution in [0.4, 0.5) is 10.1 Å². The van der Waals surface area contributed by atoms with Crippen molar-refractivity contribution < 1.29 is 17.6 Å². The fraction of sp³-hybridized carbons (Fsp3) is 0.261. The molecule has 8 heteroatoms. The number of carbonyl (C=O) groups excluding carboxylic acids is 1. The van der Waals surface area contributed by atoms with E-state index in [9.17, 15) is 17.6 Å². The summed E-state index contributed by atoms with van der Waals surface area (Å²) >= 11 is 5.70. The maximum atomic E-state index is 14.1. The Labute approximate surface area is 185 Å². The summed E-state index contributed by atoms with van der Waals surface area (Å²) in [6, 6.07) is 12.1. The molecule has 0 saturated carbocycles. The largest absolute Gasteiger partial charge is 0.317 e. The summed E-state index contributed by atoms with van der Waals surface area (Å²) in [5.41, 5.74) is 3.66. The number of fused-ring (bicyclic) bond motifs is 1. The van der Waals surface area contributed by atoms with Crippen molar-refractivity contribution >= 4 is 33.1 Å². The van der Waals surface area contributed by atoms with Crippen LogP contribution in [0.5, 0.6) is 0 Å². The number of carbonyl (C=O) groups is 1. The van der Waals surface area contributed by atoms with Gasteiger partial charge in [0, 0.05) is 39.8 Å². The predicted octanol–water partition coefficient (Wildman–Crippen LogP) is 5.53. The molecule has 5 nitrogen and oxygen atoms in total. The molecule has 4 rings (SSSR count). The number of ketones is 1. The number of Topliss-reactive ketones (excluding diaryl/α,β-unsaturated/α-hetero) is 1. The molecule has 0 spiro atoms. The summed E-state index contributed by atoms with van der Waals surface area (Å²) < 4.78 is 43.6. The summed E-state index contributed by atoms with van der Waals surface area (Å²) in [4.78, 5) is 12.1. The number of nitrogens with zero attached hydrogens (tertiary/aromatic N) is 1. The second-order valence-corrected chi connectivity index (χ2v) is 10.7. The SMILES string of the molecule is Cc1cc2c(n1-c1ccc(NS(=O)(=O)c3ccc(Cl)cc3F)cc1)CC(C)(C)CC2=O. The van der Waals surface area contributed by atoms with E-state index < -0.39 is 20.7 Å². The maximum Gasteiger partial charge on any atom is 0.264 e. The molecule has 0 atom stereocenters. The highest BCUT2D eigenvalue weighted by Gasteiger charge is 2.34. The van der Waals surface area contributed by atoms with Gasteiger partial charge in [0.05, 0.1) is 0 Å². The number of sulfonamides is 1. The van der Waals surface area contributed by atoms with Crippen LogP contribution in [0, 0.1) is 18.2 Å². The van der Waals surface area contributed by atoms with E-state index in [0.29, 0.717) is 12.1 Å². The molecule has 1 heterocycles. The third-order valence-corrected chi connectivity index (χ3v) is 7.08. The van der Waals surface area contributed by atoms with E-state index in [4.69, 9.17) is 11.6 Å². The minimum absolute atomic E-state index is 0.118. The lowest BCUT2D eigenvalue weighted by molar-refractivity contribution is 0.0911. The van der Waals surface area contributed by atoms with Crippen molar-refractivity contribution in [2.24, 2.45) is 5.41 Å². The zero-order valence-corrected chi connectivity index (χ0v) is 18.9. The molecule has 31 heavy (non-hydrogen) atoms. The van der Waals surface area contributed by atoms with Crippen LogP contribution in [0.2, 0.25) is 5.02 Å². The molecule has 1 aliphatic rings. The predicted molar refractivity (Wildman–Crippen MR) is 119 cm³/mol. The first-order chi connectivity index (χ1) is 14.5. The van der Waals surface area contributed by atoms with Crippen molar-refractivity contribution in [3.63, 3.8) is 0 Å². The number of benzene rings is 2. The molecule has 3 aromatic rings. The van der Waals surface area contributed by atoms with Crippen molar-refractivity contribution in [2.75, 3.05) is 4.72 Å². The molecule has 2 aromatic carbocycles. The van der Waals surface area contributed by atoms with Crippen LogP contribution in [-0.2, 0) is 16.4 Å². The Balaban J connectivity index is 1.65. The third kappa shape index (κ3) is 4.12. The molecule has 0 amide bonds. The smallest absolute Gasteiger partial charge is 0.264 e. The van der Waals surface area contributed by atoms with E-state index in [-0.39, 0.29) is 16.2 Å². The van der Waals surface area contributed by atoms with E-state index in [1.54, 1.807) is 24.3 Å². The molecule has 1 aromatic heterocycles. The highest BCUT2D eigenvalue weighted by molar-refractivity contribution is 7.92. The van der Waals surface area contributed by atoms with Gasteiger partial charge in [0.25, 0.3) is 10.0 Å². The second kappa shape index (κ2) is 7.50. The van der Waals surface area contributed by atoms with Crippen LogP contribution in [0.1, 0.15) is 42.0 Å². The molecule has 0 aliphatic heterocycles. The second-order valence-electron chi connectivity index (χ2n) is 8.65. The Morgan fingerprint density at radius 3 is 2.39 bits per heavy atom. The molecule has 0 saturated heterocycles. The molecule has 162 valence electrons. The standard InChI is InChI=1S/C23H22ClFN2O3S/c1-14-10-18-20(12-23(2,3)13-21(18)28)27(14)17-7-5-16(6-8-17)26-31(29,30)22-9-4-15(24)11-19(22)25/h4-11,26H,12-13H2,1-3H3. The number of anilines is 1. The first kappa shape index (κ1) is 21.6. The number of hydrogen-bond donors (Lipinski definition) is 1. The summed E-state index contributed by atoms with van der Waals surface area (Å²) in [7, 11) is -4.11. The highest BCUT2D eigenvalue weighted by atomic mass is 35.5. The minimum atomic E-state index is -4.11. The summed E-state index contributed by atoms with van der Waals surface area (Å²) in [5, 5.41) is 0.118. The van der Waals surface area contributed by atoms with E-state index in [1.807, 2.05) is 17.6 Å². The van der Waals surface area contributed by atoms with Crippen LogP contribution >= 0.6 is 11.6 Å². The van der Waals surface area contributed by atoms with Crippen molar-refractivity contribution in [1.29, 1.82) is 0 Å². The number of halogens is 2. The minimum Gasteiger partial charge on any atom is -0.317 e. The molecule has 0 radical (unpaired) electrons. The van der Waals surface area contributed by atoms with Gasteiger partial charge in [-0.1, -0.05) is 25.4 Å². The Bertz CT molecular complexity index is 1300. The maximum absolute atomic E-state index is 14.1. The molecule has 1 N–H and O–H groups in total. The number of nitrogens with one attached hydrogen (secondary N) is 1. The lowest BCUT2D eigenvalue weighted by Gasteiger charge is -2.30. The van der Waals surface area contributed by atoms with Crippen molar-refractivity contribution in [3.8, 4) is 5.69 Å². The Morgan fingerprint density at radius 1 is 1.06 bits per heavy atom. The summed E-state index contributed by atoms with van der Waals surface area (Å²) in [6.07, 6.45) is 1.29. The van der Waals surface area contributed by atoms with Gasteiger partial charge in [0.2, 0.25) is 0 Å². The van der Waals surface area contributed by atoms with E-state index in [1.165, 1.54) is 6.07 Å². The number of hydrogen-bond acceptors (Lipinski definition) is 3. The third-order valence-electron chi connectivity index (χ3n) is 5.43. The van der Waals surface area contributed by atoms with Gasteiger partial charge in [0.1, 0.15) is 10.7 Å². The van der Waals surface area contributed by atoms with Crippen LogP contribution in [-0.4, -0.2) is 18.8 Å². The van der Waals surface area contributed by atoms with Gasteiger partial charge in [-0.15, -0.1) is 0 Å². The lowest BCUT2D eigenvalue weighted by atomic mass is 9.76. The van der Waals surface area contributed by atoms with E-state index in [0.717, 1.165) is 41.2 Å². The highest BCUT2D eigenvalue weighted by Crippen LogP contribution is 2.37. The summed E-state index contributed by atoms with van der Waals surface area (Å²) in [6.45, 7) is 6.10. The van der Waals surface area contributed by atoms with E-state index >= 15 is 0 Å². The number of aryl methyl sites for hydroxylation is 1. The van der Waals surface area contributed by atoms with Gasteiger partial charge in [0.15, 0.2) is 5.78 Å². The van der Waals surface area contributed by atoms with Crippen LogP contribution in [0.15, 0.2) is 53.4 Å². The zero-order valence-electron chi connectivity index (χ0n) is 17.4. The number of aromatic nitrogens is 1. The van der Waals surface area contributed by atoms with Crippen molar-refractivity contribution in [3.05, 3.63) is 76.3 Å². The Hall–Kier alpha value is -2.64. The molecule has 0 bridgehead atoms. The Morgan fingerprint density at radius 2 is 1.74 bits per heavy atom. The normalized spacial score (nSPS) is 15.6. The molecule has 0 unspecified atom stereocenters. The molecule has 0 fully saturated rings. The van der Waals surface area contributed by atoms with Crippen LogP contribution in [0.25, 0.3) is 5.69 Å². The first-order valence-electron chi connectivity index (χ1n) is 9.80. The van der Waals surface area contributed by atoms with Crippen molar-refractivity contribution in [2.45, 2.75) is 38.5 Å². The van der Waals surface area contributed by atoms with Gasteiger partial charge in [-0.2, -0.15) is 0 Å². The zero-order chi connectivity index (χ0) is 22.6. The fourth-order valence-electron chi connectivity index (χ4n) is 4.09. The quantitative estimate of drug-likeness (QED) is 0.556. The lowest BCUT2D eigenvalue weighted by Crippen LogP contribution is -2.27. The molecule has 1 aliphatic carbocycles. The van der Waals surface area contributed by atoms with Gasteiger partial charge in [-0.3, -0.25) is 9.52 Å². The fourth-order valence-corrected chi connectivity index (χ4v) is 5.37. The summed E-state index contributed by atoms with van der Waals surface area (Å²) in [5.74, 6) is -0.777. The number of rotatable bonds is 4. The van der Waals surface area contributed by atoms with Crippen molar-refractivity contribution in [1.82, 2.24) is 4.57 Å². The van der Waals surface area contributed by atoms with Gasteiger partial charge in [-0.25, -0.2) is 12.8 Å². The van der Waals surface area contributed by atoms with E-state index in [2.05, 4.69) is 18.6 Å². The van der Waals surface area contributed by atoms with Crippen LogP contribution in [0.3, 0.4) is 0 Å². The average Bonchev–Trinajstić information content (AvgIpc) is 2.97. The molecular weight excluding hydrogens is 439 g/mol. The monoisotopic (exact) mass is 460 g/mol. The van der Waals surface area contributed by atoms with Gasteiger partial charge >= 0.3 is 0 Å². The molecular formula is C23H22ClFN2O3S. The van der Waals surface area contributed by atoms with Crippen LogP contribution < -0.4 is 4.72 Å². The van der Waals surface area contributed by atoms with Gasteiger partial charge < -0.3 is 4.57 Å². The van der Waals surface area contributed by atoms with Gasteiger partial charge in [-0.05, 0) is 67.3 Å². The average molecular weight is 461 g/mol. The first-order valence-corrected chi connectivity index (χ1v) is 11.7. The topological polar surface area (TPSA) is 68.2 Å².